The molecule has 0 aliphatic rings. The van der Waals surface area contributed by atoms with E-state index in [1.165, 1.54) is 14.2 Å². The van der Waals surface area contributed by atoms with E-state index in [9.17, 15) is 9.36 Å². The molecule has 6 heteroatoms. The van der Waals surface area contributed by atoms with E-state index in [-0.39, 0.29) is 11.4 Å². The van der Waals surface area contributed by atoms with Gasteiger partial charge in [0.15, 0.2) is 0 Å². The standard InChI is InChI=1S/C10H19O5P/c1-7(2)9(11)15-10(8(3)4)16(12,13-5)14-6/h7H,1-6H3. The van der Waals surface area contributed by atoms with E-state index in [1.807, 2.05) is 0 Å². The van der Waals surface area contributed by atoms with E-state index in [4.69, 9.17) is 13.8 Å². The van der Waals surface area contributed by atoms with Crippen molar-refractivity contribution in [1.82, 2.24) is 0 Å². The fourth-order valence-electron chi connectivity index (χ4n) is 0.885. The van der Waals surface area contributed by atoms with E-state index in [0.29, 0.717) is 5.57 Å². The van der Waals surface area contributed by atoms with E-state index in [0.717, 1.165) is 0 Å². The van der Waals surface area contributed by atoms with Crippen LogP contribution in [0.25, 0.3) is 0 Å². The summed E-state index contributed by atoms with van der Waals surface area (Å²) in [6.07, 6.45) is 0. The minimum atomic E-state index is -3.50. The van der Waals surface area contributed by atoms with Crippen LogP contribution < -0.4 is 0 Å². The van der Waals surface area contributed by atoms with Crippen LogP contribution in [0.5, 0.6) is 0 Å². The van der Waals surface area contributed by atoms with E-state index >= 15 is 0 Å². The van der Waals surface area contributed by atoms with Crippen molar-refractivity contribution in [1.29, 1.82) is 0 Å². The Morgan fingerprint density at radius 1 is 1.12 bits per heavy atom. The van der Waals surface area contributed by atoms with Gasteiger partial charge < -0.3 is 13.8 Å². The highest BCUT2D eigenvalue weighted by molar-refractivity contribution is 7.58. The average molecular weight is 250 g/mol. The number of ether oxygens (including phenoxy) is 1. The smallest absolute Gasteiger partial charge is 0.395 e. The van der Waals surface area contributed by atoms with Gasteiger partial charge in [-0.25, -0.2) is 0 Å². The molecule has 0 radical (unpaired) electrons. The summed E-state index contributed by atoms with van der Waals surface area (Å²) in [5.41, 5.74) is 0.553. The lowest BCUT2D eigenvalue weighted by molar-refractivity contribution is -0.142. The molecule has 0 saturated carbocycles. The number of rotatable bonds is 5. The van der Waals surface area contributed by atoms with Crippen LogP contribution in [0.4, 0.5) is 0 Å². The zero-order valence-electron chi connectivity index (χ0n) is 10.6. The lowest BCUT2D eigenvalue weighted by Gasteiger charge is -2.18. The third-order valence-corrected chi connectivity index (χ3v) is 3.82. The molecule has 94 valence electrons. The highest BCUT2D eigenvalue weighted by atomic mass is 31.2. The van der Waals surface area contributed by atoms with E-state index in [1.54, 1.807) is 27.7 Å². The Balaban J connectivity index is 5.15. The molecule has 0 saturated heterocycles. The molecular weight excluding hydrogens is 231 g/mol. The Kier molecular flexibility index (Phi) is 5.94. The molecule has 0 aliphatic carbocycles. The summed E-state index contributed by atoms with van der Waals surface area (Å²) in [6, 6.07) is 0. The van der Waals surface area contributed by atoms with Crippen LogP contribution in [0.1, 0.15) is 27.7 Å². The van der Waals surface area contributed by atoms with Gasteiger partial charge in [-0.2, -0.15) is 0 Å². The number of carbonyl (C=O) groups is 1. The second kappa shape index (κ2) is 6.18. The Morgan fingerprint density at radius 2 is 1.56 bits per heavy atom. The van der Waals surface area contributed by atoms with Crippen molar-refractivity contribution >= 4 is 13.6 Å². The number of hydrogen-bond acceptors (Lipinski definition) is 5. The molecule has 0 aromatic heterocycles. The first-order chi connectivity index (χ1) is 7.28. The fourth-order valence-corrected chi connectivity index (χ4v) is 2.12. The maximum atomic E-state index is 12.1. The maximum Gasteiger partial charge on any atom is 0.395 e. The largest absolute Gasteiger partial charge is 0.418 e. The van der Waals surface area contributed by atoms with Crippen LogP contribution >= 0.6 is 7.60 Å². The second-order valence-electron chi connectivity index (χ2n) is 3.74. The zero-order chi connectivity index (χ0) is 12.9. The molecule has 5 nitrogen and oxygen atoms in total. The summed E-state index contributed by atoms with van der Waals surface area (Å²) >= 11 is 0. The van der Waals surface area contributed by atoms with Crippen molar-refractivity contribution in [2.45, 2.75) is 27.7 Å². The summed E-state index contributed by atoms with van der Waals surface area (Å²) in [5.74, 6) is -0.776. The predicted octanol–water partition coefficient (Wildman–Crippen LogP) is 2.92. The van der Waals surface area contributed by atoms with Crippen LogP contribution in [0.2, 0.25) is 0 Å². The molecule has 0 aromatic rings. The van der Waals surface area contributed by atoms with E-state index < -0.39 is 13.6 Å². The summed E-state index contributed by atoms with van der Waals surface area (Å²) in [5, 5.41) is 0. The first kappa shape index (κ1) is 15.4. The van der Waals surface area contributed by atoms with Crippen LogP contribution in [0, 0.1) is 5.92 Å². The topological polar surface area (TPSA) is 61.8 Å². The van der Waals surface area contributed by atoms with Gasteiger partial charge in [-0.15, -0.1) is 0 Å². The number of hydrogen-bond donors (Lipinski definition) is 0. The van der Waals surface area contributed by atoms with Crippen molar-refractivity contribution in [3.8, 4) is 0 Å². The third kappa shape index (κ3) is 3.74. The van der Waals surface area contributed by atoms with Crippen LogP contribution in [0.3, 0.4) is 0 Å². The molecule has 0 aromatic carbocycles. The van der Waals surface area contributed by atoms with Crippen molar-refractivity contribution in [2.75, 3.05) is 14.2 Å². The van der Waals surface area contributed by atoms with Gasteiger partial charge in [-0.05, 0) is 19.4 Å². The third-order valence-electron chi connectivity index (χ3n) is 1.83. The monoisotopic (exact) mass is 250 g/mol. The quantitative estimate of drug-likeness (QED) is 0.426. The van der Waals surface area contributed by atoms with Crippen molar-refractivity contribution in [3.63, 3.8) is 0 Å². The molecule has 0 spiro atoms. The molecule has 0 aliphatic heterocycles. The Morgan fingerprint density at radius 3 is 1.81 bits per heavy atom. The summed E-state index contributed by atoms with van der Waals surface area (Å²) in [4.78, 5) is 11.4. The summed E-state index contributed by atoms with van der Waals surface area (Å²) < 4.78 is 26.7. The lowest BCUT2D eigenvalue weighted by Crippen LogP contribution is -2.13. The first-order valence-electron chi connectivity index (χ1n) is 4.89. The molecule has 0 fully saturated rings. The molecule has 0 atom stereocenters. The van der Waals surface area contributed by atoms with Crippen molar-refractivity contribution in [2.24, 2.45) is 5.92 Å². The lowest BCUT2D eigenvalue weighted by atomic mass is 10.2. The summed E-state index contributed by atoms with van der Waals surface area (Å²) in [7, 11) is -1.01. The first-order valence-corrected chi connectivity index (χ1v) is 6.44. The summed E-state index contributed by atoms with van der Waals surface area (Å²) in [6.45, 7) is 6.73. The minimum Gasteiger partial charge on any atom is -0.418 e. The molecule has 16 heavy (non-hydrogen) atoms. The number of carbonyl (C=O) groups excluding carboxylic acids is 1. The van der Waals surface area contributed by atoms with Crippen LogP contribution in [0.15, 0.2) is 11.1 Å². The van der Waals surface area contributed by atoms with Gasteiger partial charge in [-0.1, -0.05) is 13.8 Å². The highest BCUT2D eigenvalue weighted by Crippen LogP contribution is 2.56. The van der Waals surface area contributed by atoms with Crippen LogP contribution in [-0.4, -0.2) is 20.2 Å². The van der Waals surface area contributed by atoms with Gasteiger partial charge in [-0.3, -0.25) is 9.36 Å². The van der Waals surface area contributed by atoms with Gasteiger partial charge in [0.2, 0.25) is 5.50 Å². The average Bonchev–Trinajstić information content (AvgIpc) is 2.23. The molecule has 0 amide bonds. The van der Waals surface area contributed by atoms with Gasteiger partial charge in [0.25, 0.3) is 0 Å². The Bertz CT molecular complexity index is 320. The maximum absolute atomic E-state index is 12.1. The SMILES string of the molecule is COP(=O)(OC)C(OC(=O)C(C)C)=C(C)C. The zero-order valence-corrected chi connectivity index (χ0v) is 11.5. The second-order valence-corrected chi connectivity index (χ2v) is 5.87. The number of allylic oxidation sites excluding steroid dienone is 1. The fraction of sp³-hybridized carbons (Fsp3) is 0.700. The van der Waals surface area contributed by atoms with E-state index in [2.05, 4.69) is 0 Å². The Hall–Kier alpha value is -0.640. The predicted molar refractivity (Wildman–Crippen MR) is 60.9 cm³/mol. The normalized spacial score (nSPS) is 11.4. The van der Waals surface area contributed by atoms with Gasteiger partial charge in [0, 0.05) is 14.2 Å². The highest BCUT2D eigenvalue weighted by Gasteiger charge is 2.33. The molecule has 0 rings (SSSR count). The van der Waals surface area contributed by atoms with Gasteiger partial charge in [0.1, 0.15) is 0 Å². The van der Waals surface area contributed by atoms with Crippen molar-refractivity contribution < 1.29 is 23.1 Å². The van der Waals surface area contributed by atoms with Crippen molar-refractivity contribution in [3.05, 3.63) is 11.1 Å². The number of esters is 1. The molecule has 0 bridgehead atoms. The molecular formula is C10H19O5P. The van der Waals surface area contributed by atoms with Crippen LogP contribution in [-0.2, 0) is 23.1 Å². The van der Waals surface area contributed by atoms with Gasteiger partial charge >= 0.3 is 13.6 Å². The van der Waals surface area contributed by atoms with Gasteiger partial charge in [0.05, 0.1) is 5.92 Å². The molecule has 0 N–H and O–H groups in total. The molecule has 0 heterocycles. The Labute approximate surface area is 96.3 Å². The minimum absolute atomic E-state index is 0.0313. The molecule has 0 unspecified atom stereocenters.